The number of fused-ring (bicyclic) bond motifs is 1. The number of amides is 1. The molecule has 0 saturated heterocycles. The number of nitrogens with zero attached hydrogens (tertiary/aromatic N) is 1. The van der Waals surface area contributed by atoms with Crippen LogP contribution in [0.1, 0.15) is 21.5 Å². The number of carbonyl (C=O) groups is 1. The molecule has 1 amide bonds. The van der Waals surface area contributed by atoms with Crippen molar-refractivity contribution in [1.82, 2.24) is 0 Å². The lowest BCUT2D eigenvalue weighted by Crippen LogP contribution is -2.24. The largest absolute Gasteiger partial charge is 0.489 e. The number of rotatable bonds is 2. The molecule has 0 aromatic heterocycles. The van der Waals surface area contributed by atoms with Crippen molar-refractivity contribution in [2.45, 2.75) is 0 Å². The van der Waals surface area contributed by atoms with Gasteiger partial charge in [-0.15, -0.1) is 0 Å². The fraction of sp³-hybridized carbons (Fsp3) is 0.0588. The Morgan fingerprint density at radius 1 is 1.13 bits per heavy atom. The number of nitrogens with two attached hydrogens (primary N) is 2. The van der Waals surface area contributed by atoms with E-state index < -0.39 is 5.91 Å². The number of ether oxygens (including phenoxy) is 1. The molecule has 1 heterocycles. The molecule has 2 aromatic rings. The molecule has 5 nitrogen and oxygen atoms in total. The second-order valence-corrected chi connectivity index (χ2v) is 5.42. The van der Waals surface area contributed by atoms with Crippen molar-refractivity contribution in [2.75, 3.05) is 6.61 Å². The number of halogens is 1. The highest BCUT2D eigenvalue weighted by atomic mass is 35.5. The minimum absolute atomic E-state index is 0.266. The summed E-state index contributed by atoms with van der Waals surface area (Å²) in [6.07, 6.45) is 1.96. The Hall–Kier alpha value is -2.79. The van der Waals surface area contributed by atoms with Crippen LogP contribution in [-0.2, 0) is 0 Å². The molecule has 0 aliphatic carbocycles. The number of guanidine groups is 1. The van der Waals surface area contributed by atoms with Crippen LogP contribution in [0, 0.1) is 0 Å². The Kier molecular flexibility index (Phi) is 4.04. The third kappa shape index (κ3) is 3.19. The normalized spacial score (nSPS) is 12.7. The Balaban J connectivity index is 2.05. The van der Waals surface area contributed by atoms with Gasteiger partial charge in [-0.2, -0.15) is 4.99 Å². The molecule has 1 aliphatic heterocycles. The van der Waals surface area contributed by atoms with Crippen LogP contribution in [0.4, 0.5) is 0 Å². The smallest absolute Gasteiger partial charge is 0.280 e. The van der Waals surface area contributed by atoms with E-state index in [0.29, 0.717) is 22.9 Å². The van der Waals surface area contributed by atoms with E-state index in [1.165, 1.54) is 0 Å². The summed E-state index contributed by atoms with van der Waals surface area (Å²) in [4.78, 5) is 15.6. The van der Waals surface area contributed by atoms with Gasteiger partial charge in [0.1, 0.15) is 12.4 Å². The van der Waals surface area contributed by atoms with Gasteiger partial charge in [0, 0.05) is 16.1 Å². The van der Waals surface area contributed by atoms with E-state index in [0.717, 1.165) is 16.7 Å². The first-order valence-electron chi connectivity index (χ1n) is 6.92. The lowest BCUT2D eigenvalue weighted by atomic mass is 9.94. The molecule has 0 fully saturated rings. The maximum atomic E-state index is 12.0. The highest BCUT2D eigenvalue weighted by molar-refractivity contribution is 6.30. The molecule has 4 N–H and O–H groups in total. The van der Waals surface area contributed by atoms with Crippen LogP contribution in [0.3, 0.4) is 0 Å². The van der Waals surface area contributed by atoms with Gasteiger partial charge in [-0.05, 0) is 47.5 Å². The van der Waals surface area contributed by atoms with Crippen molar-refractivity contribution in [3.05, 3.63) is 70.3 Å². The number of carbonyl (C=O) groups excluding carboxylic acids is 1. The first kappa shape index (κ1) is 15.1. The van der Waals surface area contributed by atoms with Crippen molar-refractivity contribution >= 4 is 29.0 Å². The van der Waals surface area contributed by atoms with Crippen LogP contribution in [0.2, 0.25) is 5.02 Å². The Morgan fingerprint density at radius 2 is 1.87 bits per heavy atom. The van der Waals surface area contributed by atoms with Crippen molar-refractivity contribution in [3.8, 4) is 5.75 Å². The average Bonchev–Trinajstić information content (AvgIpc) is 2.54. The fourth-order valence-electron chi connectivity index (χ4n) is 2.41. The quantitative estimate of drug-likeness (QED) is 0.655. The third-order valence-electron chi connectivity index (χ3n) is 3.43. The summed E-state index contributed by atoms with van der Waals surface area (Å²) in [5.41, 5.74) is 13.7. The Morgan fingerprint density at radius 3 is 2.57 bits per heavy atom. The van der Waals surface area contributed by atoms with Crippen molar-refractivity contribution in [3.63, 3.8) is 0 Å². The molecule has 0 unspecified atom stereocenters. The molecule has 6 heteroatoms. The van der Waals surface area contributed by atoms with Gasteiger partial charge in [0.05, 0.1) is 0 Å². The molecule has 1 aliphatic rings. The first-order valence-corrected chi connectivity index (χ1v) is 7.29. The van der Waals surface area contributed by atoms with Crippen LogP contribution < -0.4 is 16.2 Å². The van der Waals surface area contributed by atoms with Crippen LogP contribution in [0.5, 0.6) is 5.75 Å². The van der Waals surface area contributed by atoms with E-state index in [1.807, 2.05) is 30.3 Å². The lowest BCUT2D eigenvalue weighted by Gasteiger charge is -2.19. The molecular formula is C17H14ClN3O2. The summed E-state index contributed by atoms with van der Waals surface area (Å²) in [7, 11) is 0. The molecule has 0 atom stereocenters. The van der Waals surface area contributed by atoms with E-state index in [1.54, 1.807) is 18.2 Å². The number of benzene rings is 2. The molecule has 0 radical (unpaired) electrons. The second-order valence-electron chi connectivity index (χ2n) is 4.99. The van der Waals surface area contributed by atoms with Crippen LogP contribution in [-0.4, -0.2) is 18.5 Å². The molecule has 0 spiro atoms. The monoisotopic (exact) mass is 327 g/mol. The van der Waals surface area contributed by atoms with E-state index in [4.69, 9.17) is 27.8 Å². The maximum absolute atomic E-state index is 12.0. The Bertz CT molecular complexity index is 822. The van der Waals surface area contributed by atoms with Crippen molar-refractivity contribution in [2.24, 2.45) is 16.5 Å². The van der Waals surface area contributed by atoms with Crippen molar-refractivity contribution < 1.29 is 9.53 Å². The minimum Gasteiger partial charge on any atom is -0.489 e. The zero-order chi connectivity index (χ0) is 16.4. The SMILES string of the molecule is NC(N)=NC(=O)c1ccc2c(c1)C(c1ccc(Cl)cc1)=CCO2. The molecule has 0 saturated carbocycles. The zero-order valence-electron chi connectivity index (χ0n) is 12.1. The van der Waals surface area contributed by atoms with Crippen molar-refractivity contribution in [1.29, 1.82) is 0 Å². The molecule has 0 bridgehead atoms. The molecule has 116 valence electrons. The molecule has 2 aromatic carbocycles. The first-order chi connectivity index (χ1) is 11.0. The summed E-state index contributed by atoms with van der Waals surface area (Å²) < 4.78 is 5.62. The van der Waals surface area contributed by atoms with E-state index in [-0.39, 0.29) is 5.96 Å². The van der Waals surface area contributed by atoms with Gasteiger partial charge in [-0.25, -0.2) is 0 Å². The number of hydrogen-bond donors (Lipinski definition) is 2. The lowest BCUT2D eigenvalue weighted by molar-refractivity contribution is 0.100. The van der Waals surface area contributed by atoms with Gasteiger partial charge in [0.15, 0.2) is 5.96 Å². The number of hydrogen-bond acceptors (Lipinski definition) is 2. The van der Waals surface area contributed by atoms with Crippen LogP contribution in [0.15, 0.2) is 53.5 Å². The van der Waals surface area contributed by atoms with Crippen LogP contribution in [0.25, 0.3) is 5.57 Å². The second kappa shape index (κ2) is 6.14. The van der Waals surface area contributed by atoms with Gasteiger partial charge >= 0.3 is 0 Å². The Labute approximate surface area is 138 Å². The molecular weight excluding hydrogens is 314 g/mol. The average molecular weight is 328 g/mol. The summed E-state index contributed by atoms with van der Waals surface area (Å²) in [6.45, 7) is 0.464. The summed E-state index contributed by atoms with van der Waals surface area (Å²) in [5, 5.41) is 0.665. The van der Waals surface area contributed by atoms with E-state index in [9.17, 15) is 4.79 Å². The van der Waals surface area contributed by atoms with E-state index in [2.05, 4.69) is 4.99 Å². The van der Waals surface area contributed by atoms with Gasteiger partial charge in [0.2, 0.25) is 0 Å². The summed E-state index contributed by atoms with van der Waals surface area (Å²) in [6, 6.07) is 12.6. The standard InChI is InChI=1S/C17H14ClN3O2/c18-12-4-1-10(2-5-12)13-7-8-23-15-6-3-11(9-14(13)15)16(22)21-17(19)20/h1-7,9H,8H2,(H4,19,20,21,22). The summed E-state index contributed by atoms with van der Waals surface area (Å²) >= 11 is 5.94. The highest BCUT2D eigenvalue weighted by Gasteiger charge is 2.18. The maximum Gasteiger partial charge on any atom is 0.280 e. The third-order valence-corrected chi connectivity index (χ3v) is 3.68. The fourth-order valence-corrected chi connectivity index (χ4v) is 2.53. The zero-order valence-corrected chi connectivity index (χ0v) is 12.9. The van der Waals surface area contributed by atoms with Gasteiger partial charge in [0.25, 0.3) is 5.91 Å². The van der Waals surface area contributed by atoms with Gasteiger partial charge in [-0.1, -0.05) is 23.7 Å². The van der Waals surface area contributed by atoms with Gasteiger partial charge < -0.3 is 16.2 Å². The topological polar surface area (TPSA) is 90.7 Å². The highest BCUT2D eigenvalue weighted by Crippen LogP contribution is 2.35. The molecule has 23 heavy (non-hydrogen) atoms. The summed E-state index contributed by atoms with van der Waals surface area (Å²) in [5.74, 6) is -0.0510. The predicted molar refractivity (Wildman–Crippen MR) is 90.6 cm³/mol. The minimum atomic E-state index is -0.492. The van der Waals surface area contributed by atoms with Gasteiger partial charge in [-0.3, -0.25) is 4.79 Å². The molecule has 3 rings (SSSR count). The van der Waals surface area contributed by atoms with E-state index >= 15 is 0 Å². The van der Waals surface area contributed by atoms with Crippen LogP contribution >= 0.6 is 11.6 Å². The number of aliphatic imine (C=N–C) groups is 1. The predicted octanol–water partition coefficient (Wildman–Crippen LogP) is 2.58.